The highest BCUT2D eigenvalue weighted by atomic mass is 16.2. The molecule has 0 atom stereocenters. The van der Waals surface area contributed by atoms with Crippen molar-refractivity contribution in [3.05, 3.63) is 30.3 Å². The summed E-state index contributed by atoms with van der Waals surface area (Å²) < 4.78 is 0. The first-order valence-electron chi connectivity index (χ1n) is 5.92. The maximum absolute atomic E-state index is 11.9. The van der Waals surface area contributed by atoms with Crippen molar-refractivity contribution < 1.29 is 9.59 Å². The summed E-state index contributed by atoms with van der Waals surface area (Å²) in [6, 6.07) is 8.69. The number of urea groups is 1. The number of para-hydroxylation sites is 1. The molecule has 19 heavy (non-hydrogen) atoms. The van der Waals surface area contributed by atoms with Gasteiger partial charge in [-0.1, -0.05) is 12.1 Å². The van der Waals surface area contributed by atoms with Crippen molar-refractivity contribution >= 4 is 34.3 Å². The van der Waals surface area contributed by atoms with Crippen LogP contribution in [0.15, 0.2) is 30.3 Å². The molecule has 2 aromatic rings. The van der Waals surface area contributed by atoms with Gasteiger partial charge in [-0.2, -0.15) is 0 Å². The van der Waals surface area contributed by atoms with Crippen molar-refractivity contribution in [2.45, 2.75) is 6.42 Å². The number of aromatic nitrogens is 1. The molecule has 3 rings (SSSR count). The van der Waals surface area contributed by atoms with Crippen LogP contribution in [0.1, 0.15) is 6.42 Å². The molecular weight excluding hydrogens is 244 g/mol. The third-order valence-corrected chi connectivity index (χ3v) is 3.07. The maximum atomic E-state index is 11.9. The van der Waals surface area contributed by atoms with E-state index in [1.807, 2.05) is 18.2 Å². The number of hydrogen-bond acceptors (Lipinski definition) is 4. The molecule has 0 saturated carbocycles. The van der Waals surface area contributed by atoms with Crippen LogP contribution in [-0.2, 0) is 4.79 Å². The molecule has 1 fully saturated rings. The number of pyridine rings is 1. The molecule has 1 aromatic heterocycles. The minimum atomic E-state index is -0.423. The zero-order valence-electron chi connectivity index (χ0n) is 10.1. The van der Waals surface area contributed by atoms with Gasteiger partial charge in [0.05, 0.1) is 11.2 Å². The Bertz CT molecular complexity index is 683. The molecule has 1 aliphatic rings. The van der Waals surface area contributed by atoms with Gasteiger partial charge >= 0.3 is 6.03 Å². The second kappa shape index (κ2) is 4.24. The van der Waals surface area contributed by atoms with Crippen LogP contribution in [0.3, 0.4) is 0 Å². The normalized spacial score (nSPS) is 15.7. The molecule has 3 amide bonds. The Morgan fingerprint density at radius 2 is 2.05 bits per heavy atom. The first-order chi connectivity index (χ1) is 9.15. The topological polar surface area (TPSA) is 88.3 Å². The van der Waals surface area contributed by atoms with Crippen LogP contribution in [0, 0.1) is 0 Å². The number of carbonyl (C=O) groups excluding carboxylic acids is 2. The van der Waals surface area contributed by atoms with Gasteiger partial charge in [0, 0.05) is 18.4 Å². The molecule has 0 aliphatic carbocycles. The smallest absolute Gasteiger partial charge is 0.328 e. The number of anilines is 2. The van der Waals surface area contributed by atoms with Crippen molar-refractivity contribution in [1.82, 2.24) is 10.3 Å². The number of hydrogen-bond donors (Lipinski definition) is 2. The van der Waals surface area contributed by atoms with Crippen molar-refractivity contribution in [3.8, 4) is 0 Å². The monoisotopic (exact) mass is 256 g/mol. The lowest BCUT2D eigenvalue weighted by Crippen LogP contribution is -2.49. The van der Waals surface area contributed by atoms with Gasteiger partial charge in [0.2, 0.25) is 5.91 Å². The van der Waals surface area contributed by atoms with E-state index in [1.54, 1.807) is 12.1 Å². The number of benzene rings is 1. The number of fused-ring (bicyclic) bond motifs is 1. The molecular formula is C13H12N4O2. The summed E-state index contributed by atoms with van der Waals surface area (Å²) in [5, 5.41) is 3.20. The van der Waals surface area contributed by atoms with Gasteiger partial charge in [-0.15, -0.1) is 0 Å². The highest BCUT2D eigenvalue weighted by Gasteiger charge is 2.25. The number of rotatable bonds is 1. The van der Waals surface area contributed by atoms with Crippen molar-refractivity contribution in [2.75, 3.05) is 17.2 Å². The van der Waals surface area contributed by atoms with Crippen LogP contribution in [0.25, 0.3) is 10.9 Å². The lowest BCUT2D eigenvalue weighted by Gasteiger charge is -2.27. The Morgan fingerprint density at radius 3 is 2.84 bits per heavy atom. The highest BCUT2D eigenvalue weighted by Crippen LogP contribution is 2.27. The Kier molecular flexibility index (Phi) is 2.56. The predicted octanol–water partition coefficient (Wildman–Crippen LogP) is 1.26. The van der Waals surface area contributed by atoms with E-state index in [0.29, 0.717) is 23.6 Å². The average Bonchev–Trinajstić information content (AvgIpc) is 2.38. The molecule has 6 heteroatoms. The van der Waals surface area contributed by atoms with Crippen LogP contribution in [0.4, 0.5) is 16.3 Å². The SMILES string of the molecule is Nc1ccc2cccc(N3CCC(=O)NC3=O)c2n1. The molecule has 1 saturated heterocycles. The molecule has 1 aromatic carbocycles. The van der Waals surface area contributed by atoms with E-state index < -0.39 is 6.03 Å². The van der Waals surface area contributed by atoms with E-state index in [0.717, 1.165) is 5.39 Å². The number of nitrogens with one attached hydrogen (secondary N) is 1. The third kappa shape index (κ3) is 1.97. The molecule has 0 radical (unpaired) electrons. The Morgan fingerprint density at radius 1 is 1.21 bits per heavy atom. The Balaban J connectivity index is 2.12. The summed E-state index contributed by atoms with van der Waals surface area (Å²) in [5.41, 5.74) is 7.02. The second-order valence-electron chi connectivity index (χ2n) is 4.34. The van der Waals surface area contributed by atoms with Gasteiger partial charge in [0.15, 0.2) is 0 Å². The number of carbonyl (C=O) groups is 2. The van der Waals surface area contributed by atoms with Gasteiger partial charge in [-0.25, -0.2) is 9.78 Å². The fourth-order valence-corrected chi connectivity index (χ4v) is 2.16. The molecule has 1 aliphatic heterocycles. The first kappa shape index (κ1) is 11.5. The standard InChI is InChI=1S/C13H12N4O2/c14-10-5-4-8-2-1-3-9(12(8)15-10)17-7-6-11(18)16-13(17)19/h1-5H,6-7H2,(H2,14,15)(H,16,18,19). The zero-order chi connectivity index (χ0) is 13.4. The van der Waals surface area contributed by atoms with E-state index in [9.17, 15) is 9.59 Å². The number of nitrogens with two attached hydrogens (primary N) is 1. The molecule has 3 N–H and O–H groups in total. The van der Waals surface area contributed by atoms with Crippen molar-refractivity contribution in [2.24, 2.45) is 0 Å². The van der Waals surface area contributed by atoms with E-state index >= 15 is 0 Å². The summed E-state index contributed by atoms with van der Waals surface area (Å²) in [5.74, 6) is 0.141. The van der Waals surface area contributed by atoms with E-state index in [2.05, 4.69) is 10.3 Å². The van der Waals surface area contributed by atoms with Crippen LogP contribution in [0.2, 0.25) is 0 Å². The van der Waals surface area contributed by atoms with Crippen LogP contribution < -0.4 is 16.0 Å². The molecule has 0 unspecified atom stereocenters. The summed E-state index contributed by atoms with van der Waals surface area (Å²) in [7, 11) is 0. The van der Waals surface area contributed by atoms with Gasteiger partial charge in [-0.05, 0) is 18.2 Å². The number of nitrogen functional groups attached to an aromatic ring is 1. The van der Waals surface area contributed by atoms with Crippen LogP contribution in [0.5, 0.6) is 0 Å². The van der Waals surface area contributed by atoms with Crippen LogP contribution >= 0.6 is 0 Å². The zero-order valence-corrected chi connectivity index (χ0v) is 10.1. The van der Waals surface area contributed by atoms with Crippen molar-refractivity contribution in [3.63, 3.8) is 0 Å². The van der Waals surface area contributed by atoms with Gasteiger partial charge in [0.1, 0.15) is 5.82 Å². The molecule has 6 nitrogen and oxygen atoms in total. The Labute approximate surface area is 109 Å². The summed E-state index contributed by atoms with van der Waals surface area (Å²) in [4.78, 5) is 28.8. The minimum Gasteiger partial charge on any atom is -0.384 e. The fourth-order valence-electron chi connectivity index (χ4n) is 2.16. The van der Waals surface area contributed by atoms with Gasteiger partial charge < -0.3 is 5.73 Å². The number of imide groups is 1. The number of amides is 3. The molecule has 0 bridgehead atoms. The van der Waals surface area contributed by atoms with Gasteiger partial charge in [0.25, 0.3) is 0 Å². The number of nitrogens with zero attached hydrogens (tertiary/aromatic N) is 2. The van der Waals surface area contributed by atoms with Crippen LogP contribution in [-0.4, -0.2) is 23.5 Å². The predicted molar refractivity (Wildman–Crippen MR) is 71.7 cm³/mol. The van der Waals surface area contributed by atoms with E-state index in [4.69, 9.17) is 5.73 Å². The highest BCUT2D eigenvalue weighted by molar-refractivity contribution is 6.09. The van der Waals surface area contributed by atoms with E-state index in [-0.39, 0.29) is 12.3 Å². The fraction of sp³-hybridized carbons (Fsp3) is 0.154. The molecule has 2 heterocycles. The minimum absolute atomic E-state index is 0.256. The largest absolute Gasteiger partial charge is 0.384 e. The second-order valence-corrected chi connectivity index (χ2v) is 4.34. The molecule has 96 valence electrons. The van der Waals surface area contributed by atoms with Gasteiger partial charge in [-0.3, -0.25) is 15.0 Å². The summed E-state index contributed by atoms with van der Waals surface area (Å²) >= 11 is 0. The summed E-state index contributed by atoms with van der Waals surface area (Å²) in [6.07, 6.45) is 0.282. The quantitative estimate of drug-likeness (QED) is 0.804. The van der Waals surface area contributed by atoms with E-state index in [1.165, 1.54) is 4.90 Å². The first-order valence-corrected chi connectivity index (χ1v) is 5.92. The molecule has 0 spiro atoms. The van der Waals surface area contributed by atoms with Crippen molar-refractivity contribution in [1.29, 1.82) is 0 Å². The third-order valence-electron chi connectivity index (χ3n) is 3.07. The Hall–Kier alpha value is -2.63. The summed E-state index contributed by atoms with van der Waals surface area (Å²) in [6.45, 7) is 0.347. The maximum Gasteiger partial charge on any atom is 0.328 e. The average molecular weight is 256 g/mol. The lowest BCUT2D eigenvalue weighted by molar-refractivity contribution is -0.120. The lowest BCUT2D eigenvalue weighted by atomic mass is 10.1.